The van der Waals surface area contributed by atoms with Crippen LogP contribution < -0.4 is 18.3 Å². The molecule has 6 unspecified atom stereocenters. The summed E-state index contributed by atoms with van der Waals surface area (Å²) in [7, 11) is 8.03. The van der Waals surface area contributed by atoms with Crippen LogP contribution in [0.3, 0.4) is 0 Å². The van der Waals surface area contributed by atoms with Gasteiger partial charge in [-0.3, -0.25) is 0 Å². The molecule has 4 saturated carbocycles. The summed E-state index contributed by atoms with van der Waals surface area (Å²) in [5, 5.41) is 0. The third kappa shape index (κ3) is 9.56. The molecule has 0 aliphatic heterocycles. The van der Waals surface area contributed by atoms with Gasteiger partial charge in [-0.1, -0.05) is 91.6 Å². The lowest BCUT2D eigenvalue weighted by Crippen LogP contribution is -2.37. The van der Waals surface area contributed by atoms with E-state index in [2.05, 4.69) is 74.6 Å². The van der Waals surface area contributed by atoms with Gasteiger partial charge in [0.2, 0.25) is 22.8 Å². The molecule has 0 spiro atoms. The zero-order chi connectivity index (χ0) is 72.7. The van der Waals surface area contributed by atoms with Gasteiger partial charge in [0.05, 0.1) is 0 Å². The normalized spacial score (nSPS) is 31.2. The van der Waals surface area contributed by atoms with Crippen LogP contribution in [0.15, 0.2) is 122 Å². The van der Waals surface area contributed by atoms with Gasteiger partial charge < -0.3 is 0 Å². The maximum atomic E-state index is 8.77. The highest BCUT2D eigenvalue weighted by Gasteiger charge is 2.60. The lowest BCUT2D eigenvalue weighted by Gasteiger charge is -2.41. The van der Waals surface area contributed by atoms with E-state index in [1.54, 1.807) is 36.4 Å². The van der Waals surface area contributed by atoms with Crippen LogP contribution >= 0.6 is 0 Å². The number of rotatable bonds is 4. The van der Waals surface area contributed by atoms with Gasteiger partial charge in [0, 0.05) is 97.5 Å². The van der Waals surface area contributed by atoms with E-state index in [1.165, 1.54) is 65.7 Å². The fourth-order valence-electron chi connectivity index (χ4n) is 16.3. The molecule has 4 aromatic carbocycles. The highest BCUT2D eigenvalue weighted by Crippen LogP contribution is 2.67. The highest BCUT2D eigenvalue weighted by molar-refractivity contribution is 5.67. The smallest absolute Gasteiger partial charge is 0.201 e. The molecule has 4 aromatic heterocycles. The van der Waals surface area contributed by atoms with E-state index in [1.807, 2.05) is 106 Å². The molecule has 0 saturated heterocycles. The second-order valence-electron chi connectivity index (χ2n) is 26.7. The number of benzene rings is 4. The van der Waals surface area contributed by atoms with Crippen LogP contribution in [0.4, 0.5) is 0 Å². The minimum absolute atomic E-state index is 0.0707. The lowest BCUT2D eigenvalue weighted by molar-refractivity contribution is -0.661. The van der Waals surface area contributed by atoms with Crippen molar-refractivity contribution in [3.8, 4) is 45.0 Å². The van der Waals surface area contributed by atoms with Crippen molar-refractivity contribution in [1.29, 1.82) is 0 Å². The Labute approximate surface area is 522 Å². The summed E-state index contributed by atoms with van der Waals surface area (Å²) in [6.45, 7) is 6.75. The van der Waals surface area contributed by atoms with E-state index in [0.29, 0.717) is 58.4 Å². The van der Waals surface area contributed by atoms with E-state index in [-0.39, 0.29) is 11.3 Å². The molecular weight excluding hydrogens is 1000 g/mol. The van der Waals surface area contributed by atoms with Gasteiger partial charge in [0.15, 0.2) is 24.8 Å². The molecule has 17 rings (SSSR count). The van der Waals surface area contributed by atoms with Crippen LogP contribution in [-0.2, 0) is 40.0 Å². The first-order chi connectivity index (χ1) is 46.3. The lowest BCUT2D eigenvalue weighted by atomic mass is 9.63. The van der Waals surface area contributed by atoms with Crippen molar-refractivity contribution in [3.63, 3.8) is 0 Å². The van der Waals surface area contributed by atoms with Crippen molar-refractivity contribution in [2.24, 2.45) is 39.5 Å². The topological polar surface area (TPSA) is 15.5 Å². The second kappa shape index (κ2) is 20.9. The molecule has 0 amide bonds. The van der Waals surface area contributed by atoms with E-state index >= 15 is 0 Å². The minimum atomic E-state index is -2.14. The van der Waals surface area contributed by atoms with Crippen LogP contribution in [0.1, 0.15) is 233 Å². The number of pyridine rings is 4. The molecule has 4 heteroatoms. The van der Waals surface area contributed by atoms with Crippen LogP contribution in [0.25, 0.3) is 45.0 Å². The van der Waals surface area contributed by atoms with E-state index in [0.717, 1.165) is 97.3 Å². The summed E-state index contributed by atoms with van der Waals surface area (Å²) < 4.78 is 142. The van der Waals surface area contributed by atoms with Crippen LogP contribution in [0, 0.1) is 66.4 Å². The van der Waals surface area contributed by atoms with Gasteiger partial charge in [-0.15, -0.1) is 0 Å². The molecule has 0 radical (unpaired) electrons. The molecule has 83 heavy (non-hydrogen) atoms. The summed E-state index contributed by atoms with van der Waals surface area (Å²) in [4.78, 5) is 0. The molecule has 4 fully saturated rings. The SMILES string of the molecule is [2H]C([2H])([2H])c1ccc(-c2cc3c(c[n+]2C)C([2H])([2H])C2CC3([2H])C2)c(C)c1.[2H]C([2H])([2H])c1ccc(-c2cc3c(c[n+]2C)C2(C)CCC3C2(C)C)c(C)c1.[2H]C([2H])([2H])c1ccc(-c2cc3c(c[n+]2C)C2([2H])CCC3([2H])C2)c(C)c1.[2H]C([2H])([2H])c1ccc(-c2cc3c(c[n+]2C)C2CCC3C2)c(C)c1. The molecule has 8 bridgehead atoms. The second-order valence-corrected chi connectivity index (χ2v) is 26.7. The molecule has 9 aliphatic rings. The van der Waals surface area contributed by atoms with Gasteiger partial charge in [-0.2, -0.15) is 0 Å². The summed E-state index contributed by atoms with van der Waals surface area (Å²) in [6.07, 6.45) is 16.8. The average Bonchev–Trinajstić information content (AvgIpc) is 1.07. The Morgan fingerprint density at radius 3 is 1.37 bits per heavy atom. The van der Waals surface area contributed by atoms with Gasteiger partial charge in [-0.25, -0.2) is 18.3 Å². The van der Waals surface area contributed by atoms with Crippen LogP contribution in [0.2, 0.25) is 0 Å². The van der Waals surface area contributed by atoms with Crippen molar-refractivity contribution >= 4 is 0 Å². The predicted octanol–water partition coefficient (Wildman–Crippen LogP) is 17.1. The van der Waals surface area contributed by atoms with Crippen molar-refractivity contribution in [2.75, 3.05) is 0 Å². The Bertz CT molecular complexity index is 4670. The molecular formula is C79H94N4+4. The number of aryl methyl sites for hydroxylation is 12. The standard InChI is InChI=1S/C22H28N.3C19H22N/c1-14-7-8-16(15(2)11-14)20-12-17-18-9-10-22(5,21(18,3)4)19(17)13-23(20)6;2*1-12-4-7-16(13(2)8-12)19-10-17-14-5-6-15(9-14)18(17)11-20(19)3;1-12-4-5-17(13(2)6-12)19-10-18-15-7-14(8-15)9-16(18)11-20(19)3/h7-8,11-13,18H,9-10H2,1-6H3;2*4,7-8,10-11,14-15H,5-6,9H2,1-3H3;4-6,10-11,14-15H,7-9H2,1-3H3/q4*+1/i1D3;1D3,14D,15D;1D3;1D3,9D2,15D. The first kappa shape index (κ1) is 39.2. The molecule has 4 heterocycles. The van der Waals surface area contributed by atoms with Gasteiger partial charge >= 0.3 is 0 Å². The Hall–Kier alpha value is -6.52. The zero-order valence-electron chi connectivity index (χ0n) is 67.7. The molecule has 426 valence electrons. The Balaban J connectivity index is 0.000000120. The van der Waals surface area contributed by atoms with Crippen molar-refractivity contribution in [3.05, 3.63) is 211 Å². The number of hydrogen-bond acceptors (Lipinski definition) is 0. The fourth-order valence-corrected chi connectivity index (χ4v) is 16.3. The van der Waals surface area contributed by atoms with Crippen molar-refractivity contribution in [2.45, 2.75) is 187 Å². The van der Waals surface area contributed by atoms with Gasteiger partial charge in [0.1, 0.15) is 28.2 Å². The van der Waals surface area contributed by atoms with E-state index in [9.17, 15) is 0 Å². The van der Waals surface area contributed by atoms with Crippen molar-refractivity contribution in [1.82, 2.24) is 0 Å². The monoisotopic (exact) mass is 1120 g/mol. The maximum absolute atomic E-state index is 8.77. The van der Waals surface area contributed by atoms with Crippen molar-refractivity contribution < 1.29 is 41.6 Å². The molecule has 4 nitrogen and oxygen atoms in total. The van der Waals surface area contributed by atoms with Crippen LogP contribution in [-0.4, -0.2) is 0 Å². The van der Waals surface area contributed by atoms with Gasteiger partial charge in [0.25, 0.3) is 0 Å². The summed E-state index contributed by atoms with van der Waals surface area (Å²) >= 11 is 0. The van der Waals surface area contributed by atoms with Gasteiger partial charge in [-0.05, 0) is 241 Å². The molecule has 8 aromatic rings. The predicted molar refractivity (Wildman–Crippen MR) is 341 cm³/mol. The maximum Gasteiger partial charge on any atom is 0.212 e. The Kier molecular flexibility index (Phi) is 9.87. The highest BCUT2D eigenvalue weighted by atomic mass is 14.9. The summed E-state index contributed by atoms with van der Waals surface area (Å²) in [6, 6.07) is 30.1. The Morgan fingerprint density at radius 1 is 0.434 bits per heavy atom. The third-order valence-electron chi connectivity index (χ3n) is 21.4. The number of hydrogen-bond donors (Lipinski definition) is 0. The zero-order valence-corrected chi connectivity index (χ0v) is 50.7. The quantitative estimate of drug-likeness (QED) is 0.156. The summed E-state index contributed by atoms with van der Waals surface area (Å²) in [5.74, 6) is 0.0793. The number of fused-ring (bicyclic) bond motifs is 15. The van der Waals surface area contributed by atoms with E-state index < -0.39 is 51.5 Å². The Morgan fingerprint density at radius 2 is 0.867 bits per heavy atom. The fraction of sp³-hybridized carbons (Fsp3) is 0.443. The minimum Gasteiger partial charge on any atom is -0.201 e. The molecule has 9 aliphatic carbocycles. The van der Waals surface area contributed by atoms with Crippen LogP contribution in [0.5, 0.6) is 0 Å². The van der Waals surface area contributed by atoms with E-state index in [4.69, 9.17) is 23.3 Å². The first-order valence-corrected chi connectivity index (χ1v) is 30.4. The third-order valence-corrected chi connectivity index (χ3v) is 21.4. The number of aromatic nitrogens is 4. The average molecular weight is 1120 g/mol. The largest absolute Gasteiger partial charge is 0.212 e. The number of nitrogens with zero attached hydrogens (tertiary/aromatic N) is 4. The molecule has 6 atom stereocenters. The first-order valence-electron chi connectivity index (χ1n) is 38.9. The molecule has 0 N–H and O–H groups in total. The summed E-state index contributed by atoms with van der Waals surface area (Å²) in [5.41, 5.74) is 23.6.